The van der Waals surface area contributed by atoms with Gasteiger partial charge in [0.05, 0.1) is 12.8 Å². The number of carbonyl (C=O) groups excluding carboxylic acids is 2. The average molecular weight is 358 g/mol. The molecule has 0 spiro atoms. The molecule has 0 saturated heterocycles. The van der Waals surface area contributed by atoms with E-state index in [1.807, 2.05) is 24.3 Å². The first kappa shape index (κ1) is 19.4. The van der Waals surface area contributed by atoms with Gasteiger partial charge in [0.25, 0.3) is 0 Å². The van der Waals surface area contributed by atoms with Crippen molar-refractivity contribution in [1.82, 2.24) is 5.32 Å². The lowest BCUT2D eigenvalue weighted by molar-refractivity contribution is -0.121. The topological polar surface area (TPSA) is 58.6 Å². The summed E-state index contributed by atoms with van der Waals surface area (Å²) < 4.78 is 19.0. The summed E-state index contributed by atoms with van der Waals surface area (Å²) >= 11 is 0. The zero-order valence-corrected chi connectivity index (χ0v) is 15.0. The largest absolute Gasteiger partial charge is 0.497 e. The monoisotopic (exact) mass is 358 g/mol. The molecule has 0 saturated carbocycles. The maximum atomic E-state index is 13.9. The summed E-state index contributed by atoms with van der Waals surface area (Å²) in [6, 6.07) is 13.7. The fourth-order valence-electron chi connectivity index (χ4n) is 2.56. The van der Waals surface area contributed by atoms with Crippen LogP contribution in [0.2, 0.25) is 0 Å². The van der Waals surface area contributed by atoms with Crippen molar-refractivity contribution in [2.24, 2.45) is 0 Å². The van der Waals surface area contributed by atoms with Gasteiger partial charge in [-0.25, -0.2) is 4.39 Å². The van der Waals surface area contributed by atoms with Gasteiger partial charge in [-0.05, 0) is 36.2 Å². The molecule has 0 aliphatic carbocycles. The molecule has 0 atom stereocenters. The van der Waals surface area contributed by atoms with Crippen LogP contribution in [0.15, 0.2) is 48.5 Å². The van der Waals surface area contributed by atoms with Crippen molar-refractivity contribution in [3.63, 3.8) is 0 Å². The van der Waals surface area contributed by atoms with Gasteiger partial charge in [-0.2, -0.15) is 0 Å². The second-order valence-corrected chi connectivity index (χ2v) is 5.82. The van der Waals surface area contributed by atoms with Gasteiger partial charge in [-0.3, -0.25) is 9.59 Å². The number of rotatable bonds is 8. The Bertz CT molecular complexity index is 747. The Morgan fingerprint density at radius 1 is 1.12 bits per heavy atom. The third kappa shape index (κ3) is 5.58. The van der Waals surface area contributed by atoms with Crippen LogP contribution < -0.4 is 15.0 Å². The molecule has 1 N–H and O–H groups in total. The van der Waals surface area contributed by atoms with E-state index in [9.17, 15) is 14.0 Å². The molecule has 0 unspecified atom stereocenters. The summed E-state index contributed by atoms with van der Waals surface area (Å²) in [5, 5.41) is 2.82. The molecule has 0 heterocycles. The molecule has 0 radical (unpaired) electrons. The van der Waals surface area contributed by atoms with Crippen LogP contribution in [0.3, 0.4) is 0 Å². The van der Waals surface area contributed by atoms with Gasteiger partial charge in [0.1, 0.15) is 11.6 Å². The van der Waals surface area contributed by atoms with Crippen LogP contribution in [-0.4, -0.2) is 32.0 Å². The van der Waals surface area contributed by atoms with Gasteiger partial charge in [-0.1, -0.05) is 24.3 Å². The number of nitrogens with zero attached hydrogens (tertiary/aromatic N) is 1. The molecular formula is C20H23FN2O3. The van der Waals surface area contributed by atoms with Gasteiger partial charge in [0.15, 0.2) is 0 Å². The highest BCUT2D eigenvalue weighted by Gasteiger charge is 2.16. The van der Waals surface area contributed by atoms with Crippen LogP contribution in [-0.2, 0) is 16.0 Å². The number of hydrogen-bond donors (Lipinski definition) is 1. The number of methoxy groups -OCH3 is 1. The van der Waals surface area contributed by atoms with E-state index >= 15 is 0 Å². The predicted octanol–water partition coefficient (Wildman–Crippen LogP) is 2.94. The molecule has 0 fully saturated rings. The molecule has 2 amide bonds. The van der Waals surface area contributed by atoms with Crippen LogP contribution in [0.1, 0.15) is 18.9 Å². The number of ether oxygens (including phenoxy) is 1. The second kappa shape index (κ2) is 9.56. The Hall–Kier alpha value is -2.89. The van der Waals surface area contributed by atoms with E-state index in [0.29, 0.717) is 13.0 Å². The summed E-state index contributed by atoms with van der Waals surface area (Å²) in [5.41, 5.74) is 1.27. The average Bonchev–Trinajstić information content (AvgIpc) is 2.63. The summed E-state index contributed by atoms with van der Waals surface area (Å²) in [7, 11) is 1.61. The first-order valence-corrected chi connectivity index (χ1v) is 8.43. The second-order valence-electron chi connectivity index (χ2n) is 5.82. The van der Waals surface area contributed by atoms with Gasteiger partial charge < -0.3 is 15.0 Å². The minimum atomic E-state index is -0.484. The molecule has 2 aromatic carbocycles. The predicted molar refractivity (Wildman–Crippen MR) is 98.8 cm³/mol. The number of nitrogens with one attached hydrogen (secondary N) is 1. The molecule has 6 heteroatoms. The molecule has 5 nitrogen and oxygen atoms in total. The van der Waals surface area contributed by atoms with Crippen molar-refractivity contribution in [2.45, 2.75) is 19.8 Å². The van der Waals surface area contributed by atoms with E-state index in [1.54, 1.807) is 19.2 Å². The van der Waals surface area contributed by atoms with E-state index in [0.717, 1.165) is 11.3 Å². The standard InChI is InChI=1S/C20H23FN2O3/c1-15(24)23(19-6-4-3-5-18(19)21)14-12-20(25)22-13-11-16-7-9-17(26-2)10-8-16/h3-10H,11-14H2,1-2H3,(H,22,25). The van der Waals surface area contributed by atoms with Crippen molar-refractivity contribution in [3.8, 4) is 5.75 Å². The van der Waals surface area contributed by atoms with E-state index < -0.39 is 5.82 Å². The van der Waals surface area contributed by atoms with Gasteiger partial charge in [-0.15, -0.1) is 0 Å². The summed E-state index contributed by atoms with van der Waals surface area (Å²) in [4.78, 5) is 25.1. The summed E-state index contributed by atoms with van der Waals surface area (Å²) in [5.74, 6) is -0.180. The Morgan fingerprint density at radius 3 is 2.42 bits per heavy atom. The normalized spacial score (nSPS) is 10.3. The van der Waals surface area contributed by atoms with Gasteiger partial charge in [0, 0.05) is 26.4 Å². The molecule has 0 aliphatic heterocycles. The van der Waals surface area contributed by atoms with Crippen LogP contribution in [0, 0.1) is 5.82 Å². The molecular weight excluding hydrogens is 335 g/mol. The number of para-hydroxylation sites is 1. The van der Waals surface area contributed by atoms with Gasteiger partial charge >= 0.3 is 0 Å². The smallest absolute Gasteiger partial charge is 0.223 e. The van der Waals surface area contributed by atoms with Crippen molar-refractivity contribution in [3.05, 3.63) is 59.9 Å². The Labute approximate surface area is 152 Å². The van der Waals surface area contributed by atoms with Crippen LogP contribution in [0.5, 0.6) is 5.75 Å². The van der Waals surface area contributed by atoms with E-state index in [-0.39, 0.29) is 30.5 Å². The van der Waals surface area contributed by atoms with Crippen molar-refractivity contribution >= 4 is 17.5 Å². The molecule has 2 rings (SSSR count). The van der Waals surface area contributed by atoms with Crippen LogP contribution >= 0.6 is 0 Å². The maximum absolute atomic E-state index is 13.9. The Balaban J connectivity index is 1.81. The molecule has 0 bridgehead atoms. The maximum Gasteiger partial charge on any atom is 0.223 e. The minimum Gasteiger partial charge on any atom is -0.497 e. The zero-order chi connectivity index (χ0) is 18.9. The third-order valence-corrected chi connectivity index (χ3v) is 3.98. The number of carbonyl (C=O) groups is 2. The highest BCUT2D eigenvalue weighted by Crippen LogP contribution is 2.19. The zero-order valence-electron chi connectivity index (χ0n) is 15.0. The molecule has 26 heavy (non-hydrogen) atoms. The van der Waals surface area contributed by atoms with Crippen molar-refractivity contribution < 1.29 is 18.7 Å². The van der Waals surface area contributed by atoms with Crippen LogP contribution in [0.4, 0.5) is 10.1 Å². The third-order valence-electron chi connectivity index (χ3n) is 3.98. The number of halogens is 1. The molecule has 0 aliphatic rings. The van der Waals surface area contributed by atoms with E-state index in [4.69, 9.17) is 4.74 Å². The lowest BCUT2D eigenvalue weighted by Crippen LogP contribution is -2.34. The first-order chi connectivity index (χ1) is 12.5. The molecule has 2 aromatic rings. The fraction of sp³-hybridized carbons (Fsp3) is 0.300. The number of benzene rings is 2. The number of hydrogen-bond acceptors (Lipinski definition) is 3. The van der Waals surface area contributed by atoms with E-state index in [1.165, 1.54) is 24.0 Å². The summed E-state index contributed by atoms with van der Waals surface area (Å²) in [6.45, 7) is 1.98. The SMILES string of the molecule is COc1ccc(CCNC(=O)CCN(C(C)=O)c2ccccc2F)cc1. The number of amides is 2. The first-order valence-electron chi connectivity index (χ1n) is 8.43. The van der Waals surface area contributed by atoms with Crippen LogP contribution in [0.25, 0.3) is 0 Å². The highest BCUT2D eigenvalue weighted by atomic mass is 19.1. The van der Waals surface area contributed by atoms with Gasteiger partial charge in [0.2, 0.25) is 11.8 Å². The van der Waals surface area contributed by atoms with Crippen molar-refractivity contribution in [1.29, 1.82) is 0 Å². The lowest BCUT2D eigenvalue weighted by Gasteiger charge is -2.21. The quantitative estimate of drug-likeness (QED) is 0.789. The molecule has 138 valence electrons. The molecule has 0 aromatic heterocycles. The highest BCUT2D eigenvalue weighted by molar-refractivity contribution is 5.92. The van der Waals surface area contributed by atoms with E-state index in [2.05, 4.69) is 5.32 Å². The Kier molecular flexibility index (Phi) is 7.14. The summed E-state index contributed by atoms with van der Waals surface area (Å²) in [6.07, 6.45) is 0.802. The lowest BCUT2D eigenvalue weighted by atomic mass is 10.1. The minimum absolute atomic E-state index is 0.108. The fourth-order valence-corrected chi connectivity index (χ4v) is 2.56. The number of anilines is 1. The van der Waals surface area contributed by atoms with Crippen molar-refractivity contribution in [2.75, 3.05) is 25.1 Å². The Morgan fingerprint density at radius 2 is 1.81 bits per heavy atom.